The second kappa shape index (κ2) is 16.3. The van der Waals surface area contributed by atoms with Crippen LogP contribution in [0.3, 0.4) is 0 Å². The van der Waals surface area contributed by atoms with Crippen molar-refractivity contribution in [3.8, 4) is 16.9 Å². The molecule has 4 rings (SSSR count). The lowest BCUT2D eigenvalue weighted by Crippen LogP contribution is -2.51. The van der Waals surface area contributed by atoms with E-state index in [1.165, 1.54) is 0 Å². The standard InChI is InChI=1S/C34H43N5O4S/c1-3-43-29-15-13-26(14-16-29)27-9-6-11-30(23-27)44(42)38-31(22-25-8-4-10-28(21-25)33(35)36)34(41)39-19-17-24(18-20-39)7-5-12-32(40)37-2/h4,6,8-11,13-16,21,23-24,31,38H,3,5,7,12,17-20,22H2,1-2H3,(H3,35,36)(H,37,40)/t31-,44?/m0/s1. The number of carbonyl (C=O) groups excluding carboxylic acids is 2. The molecule has 0 radical (unpaired) electrons. The molecule has 0 spiro atoms. The third-order valence-corrected chi connectivity index (χ3v) is 9.17. The van der Waals surface area contributed by atoms with E-state index in [1.54, 1.807) is 25.2 Å². The monoisotopic (exact) mass is 617 g/mol. The van der Waals surface area contributed by atoms with Crippen molar-refractivity contribution in [2.45, 2.75) is 56.4 Å². The van der Waals surface area contributed by atoms with E-state index in [-0.39, 0.29) is 17.6 Å². The highest BCUT2D eigenvalue weighted by molar-refractivity contribution is 7.89. The van der Waals surface area contributed by atoms with Gasteiger partial charge in [-0.05, 0) is 79.5 Å². The molecule has 44 heavy (non-hydrogen) atoms. The summed E-state index contributed by atoms with van der Waals surface area (Å²) < 4.78 is 22.4. The van der Waals surface area contributed by atoms with Crippen LogP contribution in [-0.2, 0) is 27.4 Å². The Morgan fingerprint density at radius 2 is 1.80 bits per heavy atom. The number of amides is 2. The molecule has 1 saturated heterocycles. The van der Waals surface area contributed by atoms with Crippen LogP contribution in [0, 0.1) is 11.3 Å². The summed E-state index contributed by atoms with van der Waals surface area (Å²) in [5, 5.41) is 10.5. The molecule has 1 aliphatic rings. The number of carbonyl (C=O) groups is 2. The van der Waals surface area contributed by atoms with Gasteiger partial charge in [-0.25, -0.2) is 0 Å². The van der Waals surface area contributed by atoms with Gasteiger partial charge in [0.1, 0.15) is 17.6 Å². The lowest BCUT2D eigenvalue weighted by Gasteiger charge is -2.34. The fourth-order valence-electron chi connectivity index (χ4n) is 5.52. The number of nitrogen functional groups attached to an aromatic ring is 1. The van der Waals surface area contributed by atoms with E-state index in [0.29, 0.717) is 48.9 Å². The number of nitrogens with zero attached hydrogens (tertiary/aromatic N) is 1. The normalized spacial score (nSPS) is 14.9. The molecule has 1 unspecified atom stereocenters. The summed E-state index contributed by atoms with van der Waals surface area (Å²) in [4.78, 5) is 27.9. The molecule has 1 fully saturated rings. The number of hydrogen-bond donors (Lipinski definition) is 4. The number of benzene rings is 3. The maximum Gasteiger partial charge on any atom is 0.244 e. The number of ether oxygens (including phenoxy) is 1. The fourth-order valence-corrected chi connectivity index (χ4v) is 6.53. The van der Waals surface area contributed by atoms with Crippen LogP contribution in [0.5, 0.6) is 5.75 Å². The van der Waals surface area contributed by atoms with E-state index in [9.17, 15) is 14.1 Å². The molecule has 0 aliphatic carbocycles. The van der Waals surface area contributed by atoms with Crippen molar-refractivity contribution in [3.63, 3.8) is 0 Å². The SMILES string of the molecule is CCOc1ccc(-c2cccc([S+]([O-])N[C@@H](Cc3cccc(C(=N)N)c3)C(=O)N3CCC(CCCC(=O)NC)CC3)c2)cc1. The van der Waals surface area contributed by atoms with Gasteiger partial charge in [0.2, 0.25) is 11.8 Å². The predicted octanol–water partition coefficient (Wildman–Crippen LogP) is 4.41. The Morgan fingerprint density at radius 1 is 1.07 bits per heavy atom. The van der Waals surface area contributed by atoms with E-state index in [4.69, 9.17) is 15.9 Å². The second-order valence-electron chi connectivity index (χ2n) is 11.1. The molecule has 1 heterocycles. The van der Waals surface area contributed by atoms with Gasteiger partial charge < -0.3 is 25.2 Å². The van der Waals surface area contributed by atoms with Gasteiger partial charge in [-0.3, -0.25) is 15.0 Å². The summed E-state index contributed by atoms with van der Waals surface area (Å²) in [7, 11) is 1.65. The Morgan fingerprint density at radius 3 is 2.48 bits per heavy atom. The number of hydrogen-bond acceptors (Lipinski definition) is 6. The first-order valence-electron chi connectivity index (χ1n) is 15.2. The zero-order valence-corrected chi connectivity index (χ0v) is 26.3. The van der Waals surface area contributed by atoms with Crippen molar-refractivity contribution >= 4 is 29.0 Å². The summed E-state index contributed by atoms with van der Waals surface area (Å²) in [6, 6.07) is 21.8. The van der Waals surface area contributed by atoms with E-state index < -0.39 is 17.4 Å². The minimum absolute atomic E-state index is 0.0455. The fraction of sp³-hybridized carbons (Fsp3) is 0.382. The minimum Gasteiger partial charge on any atom is -0.593 e. The van der Waals surface area contributed by atoms with E-state index >= 15 is 0 Å². The van der Waals surface area contributed by atoms with Crippen LogP contribution in [0.15, 0.2) is 77.7 Å². The largest absolute Gasteiger partial charge is 0.593 e. The number of rotatable bonds is 14. The summed E-state index contributed by atoms with van der Waals surface area (Å²) in [5.74, 6) is 1.18. The van der Waals surface area contributed by atoms with Gasteiger partial charge in [-0.15, -0.1) is 4.72 Å². The van der Waals surface area contributed by atoms with Crippen LogP contribution in [0.2, 0.25) is 0 Å². The Hall–Kier alpha value is -3.86. The van der Waals surface area contributed by atoms with Crippen molar-refractivity contribution in [3.05, 3.63) is 83.9 Å². The molecule has 9 nitrogen and oxygen atoms in total. The second-order valence-corrected chi connectivity index (χ2v) is 12.3. The Labute approximate surface area is 263 Å². The maximum atomic E-state index is 13.9. The summed E-state index contributed by atoms with van der Waals surface area (Å²) in [5.41, 5.74) is 9.01. The summed E-state index contributed by atoms with van der Waals surface area (Å²) >= 11 is -1.66. The molecule has 3 aromatic carbocycles. The number of amidine groups is 1. The molecule has 234 valence electrons. The molecule has 2 atom stereocenters. The third-order valence-electron chi connectivity index (χ3n) is 7.99. The number of nitrogens with two attached hydrogens (primary N) is 1. The van der Waals surface area contributed by atoms with Crippen molar-refractivity contribution < 1.29 is 18.9 Å². The zero-order valence-electron chi connectivity index (χ0n) is 25.5. The molecule has 2 amide bonds. The smallest absolute Gasteiger partial charge is 0.244 e. The first-order valence-corrected chi connectivity index (χ1v) is 16.4. The van der Waals surface area contributed by atoms with Crippen molar-refractivity contribution in [1.82, 2.24) is 14.9 Å². The van der Waals surface area contributed by atoms with Crippen LogP contribution in [-0.4, -0.2) is 59.9 Å². The topological polar surface area (TPSA) is 144 Å². The number of piperidine rings is 1. The molecular weight excluding hydrogens is 574 g/mol. The Bertz CT molecular complexity index is 1410. The molecule has 0 aromatic heterocycles. The minimum atomic E-state index is -1.66. The van der Waals surface area contributed by atoms with Crippen LogP contribution in [0.25, 0.3) is 11.1 Å². The third kappa shape index (κ3) is 9.32. The van der Waals surface area contributed by atoms with Crippen LogP contribution >= 0.6 is 0 Å². The highest BCUT2D eigenvalue weighted by Gasteiger charge is 2.32. The van der Waals surface area contributed by atoms with Crippen LogP contribution in [0.1, 0.15) is 50.2 Å². The number of likely N-dealkylation sites (tertiary alicyclic amines) is 1. The lowest BCUT2D eigenvalue weighted by molar-refractivity contribution is -0.134. The molecular formula is C34H43N5O4S. The van der Waals surface area contributed by atoms with Gasteiger partial charge in [-0.2, -0.15) is 0 Å². The molecule has 0 saturated carbocycles. The molecule has 1 aliphatic heterocycles. The van der Waals surface area contributed by atoms with Crippen molar-refractivity contribution in [2.24, 2.45) is 11.7 Å². The first-order chi connectivity index (χ1) is 21.3. The Balaban J connectivity index is 1.47. The van der Waals surface area contributed by atoms with Gasteiger partial charge in [-0.1, -0.05) is 42.5 Å². The highest BCUT2D eigenvalue weighted by atomic mass is 32.2. The highest BCUT2D eigenvalue weighted by Crippen LogP contribution is 2.26. The molecule has 10 heteroatoms. The molecule has 5 N–H and O–H groups in total. The average Bonchev–Trinajstić information content (AvgIpc) is 3.05. The molecule has 0 bridgehead atoms. The van der Waals surface area contributed by atoms with Gasteiger partial charge in [0.15, 0.2) is 4.90 Å². The van der Waals surface area contributed by atoms with Crippen LogP contribution < -0.4 is 20.5 Å². The van der Waals surface area contributed by atoms with E-state index in [0.717, 1.165) is 48.1 Å². The first kappa shape index (κ1) is 33.0. The predicted molar refractivity (Wildman–Crippen MR) is 175 cm³/mol. The van der Waals surface area contributed by atoms with Crippen LogP contribution in [0.4, 0.5) is 0 Å². The van der Waals surface area contributed by atoms with Gasteiger partial charge in [0.25, 0.3) is 0 Å². The quantitative estimate of drug-likeness (QED) is 0.120. The Kier molecular flexibility index (Phi) is 12.2. The lowest BCUT2D eigenvalue weighted by atomic mass is 9.91. The summed E-state index contributed by atoms with van der Waals surface area (Å²) in [6.45, 7) is 3.77. The number of nitrogens with one attached hydrogen (secondary N) is 3. The summed E-state index contributed by atoms with van der Waals surface area (Å²) in [6.07, 6.45) is 4.37. The average molecular weight is 618 g/mol. The van der Waals surface area contributed by atoms with Gasteiger partial charge in [0.05, 0.1) is 18.0 Å². The van der Waals surface area contributed by atoms with E-state index in [1.807, 2.05) is 66.4 Å². The van der Waals surface area contributed by atoms with Gasteiger partial charge >= 0.3 is 0 Å². The van der Waals surface area contributed by atoms with Gasteiger partial charge in [0, 0.05) is 44.6 Å². The maximum absolute atomic E-state index is 13.9. The van der Waals surface area contributed by atoms with Crippen molar-refractivity contribution in [1.29, 1.82) is 5.41 Å². The zero-order chi connectivity index (χ0) is 31.5. The van der Waals surface area contributed by atoms with E-state index in [2.05, 4.69) is 10.0 Å². The van der Waals surface area contributed by atoms with Crippen molar-refractivity contribution in [2.75, 3.05) is 26.7 Å². The molecule has 3 aromatic rings.